The smallest absolute Gasteiger partial charge is 0.318 e. The number of nitrogen functional groups attached to an aromatic ring is 1. The number of rotatable bonds is 9. The molecule has 242 valence electrons. The molecule has 6 rings (SSSR count). The maximum atomic E-state index is 13.2. The normalized spacial score (nSPS) is 11.0. The summed E-state index contributed by atoms with van der Waals surface area (Å²) >= 11 is 0. The van der Waals surface area contributed by atoms with E-state index < -0.39 is 11.9 Å². The van der Waals surface area contributed by atoms with E-state index in [-0.39, 0.29) is 30.3 Å². The molecule has 3 N–H and O–H groups in total. The lowest BCUT2D eigenvalue weighted by Gasteiger charge is -2.20. The maximum absolute atomic E-state index is 13.2. The van der Waals surface area contributed by atoms with Gasteiger partial charge < -0.3 is 35.0 Å². The van der Waals surface area contributed by atoms with Gasteiger partial charge in [0.15, 0.2) is 0 Å². The van der Waals surface area contributed by atoms with Gasteiger partial charge in [0.05, 0.1) is 12.0 Å². The maximum Gasteiger partial charge on any atom is 0.318 e. The topological polar surface area (TPSA) is 150 Å². The molecule has 0 saturated heterocycles. The number of hydrogen-bond donors (Lipinski definition) is 2. The molecular formula is C37H34N6O5. The van der Waals surface area contributed by atoms with Gasteiger partial charge in [-0.15, -0.1) is 0 Å². The summed E-state index contributed by atoms with van der Waals surface area (Å²) in [5.41, 5.74) is 10.9. The van der Waals surface area contributed by atoms with Crippen LogP contribution in [-0.4, -0.2) is 50.0 Å². The van der Waals surface area contributed by atoms with E-state index in [2.05, 4.69) is 15.3 Å². The van der Waals surface area contributed by atoms with Crippen LogP contribution in [0.3, 0.4) is 0 Å². The highest BCUT2D eigenvalue weighted by Gasteiger charge is 2.22. The second kappa shape index (κ2) is 13.2. The average molecular weight is 643 g/mol. The molecule has 0 bridgehead atoms. The molecule has 0 spiro atoms. The van der Waals surface area contributed by atoms with Gasteiger partial charge in [-0.2, -0.15) is 4.98 Å². The first kappa shape index (κ1) is 31.7. The summed E-state index contributed by atoms with van der Waals surface area (Å²) in [6.45, 7) is 0.487. The Morgan fingerprint density at radius 3 is 2.40 bits per heavy atom. The van der Waals surface area contributed by atoms with Crippen LogP contribution in [0.4, 0.5) is 11.5 Å². The molecule has 0 unspecified atom stereocenters. The molecule has 11 heteroatoms. The van der Waals surface area contributed by atoms with Gasteiger partial charge in [0.1, 0.15) is 37.9 Å². The minimum Gasteiger partial charge on any atom is -0.545 e. The molecular weight excluding hydrogens is 608 g/mol. The minimum atomic E-state index is -1.39. The SMILES string of the molecule is CN(C)c1ccc2c(-c3ccc(C(=O)NCc4ccc(COc5nccc(N)n5)cc4)cc3C(=O)[O-])c3ccc(=[N+](C)C)cc-3oc2c1. The number of carboxylic acid groups (broad SMARTS) is 1. The van der Waals surface area contributed by atoms with Gasteiger partial charge >= 0.3 is 6.01 Å². The number of fused-ring (bicyclic) bond motifs is 2. The molecule has 2 aliphatic rings. The van der Waals surface area contributed by atoms with Crippen LogP contribution in [0.5, 0.6) is 6.01 Å². The fourth-order valence-electron chi connectivity index (χ4n) is 5.40. The molecule has 1 amide bonds. The van der Waals surface area contributed by atoms with E-state index in [1.54, 1.807) is 18.2 Å². The second-order valence-electron chi connectivity index (χ2n) is 11.7. The highest BCUT2D eigenvalue weighted by atomic mass is 16.5. The number of carboxylic acids is 1. The zero-order valence-electron chi connectivity index (χ0n) is 27.0. The molecule has 1 aliphatic carbocycles. The molecule has 1 aliphatic heterocycles. The van der Waals surface area contributed by atoms with Gasteiger partial charge in [-0.05, 0) is 53.1 Å². The van der Waals surface area contributed by atoms with Crippen LogP contribution in [0.15, 0.2) is 95.5 Å². The van der Waals surface area contributed by atoms with Crippen molar-refractivity contribution in [2.45, 2.75) is 13.2 Å². The first-order chi connectivity index (χ1) is 23.1. The third kappa shape index (κ3) is 6.66. The Hall–Kier alpha value is -6.23. The largest absolute Gasteiger partial charge is 0.545 e. The van der Waals surface area contributed by atoms with Crippen molar-refractivity contribution in [2.24, 2.45) is 0 Å². The van der Waals surface area contributed by atoms with E-state index in [1.165, 1.54) is 12.3 Å². The van der Waals surface area contributed by atoms with Crippen LogP contribution in [0, 0.1) is 0 Å². The van der Waals surface area contributed by atoms with E-state index in [0.717, 1.165) is 33.1 Å². The second-order valence-corrected chi connectivity index (χ2v) is 11.7. The number of amides is 1. The zero-order chi connectivity index (χ0) is 33.9. The van der Waals surface area contributed by atoms with Gasteiger partial charge in [0.25, 0.3) is 5.91 Å². The predicted octanol–water partition coefficient (Wildman–Crippen LogP) is 3.55. The van der Waals surface area contributed by atoms with Crippen molar-refractivity contribution in [1.82, 2.24) is 19.9 Å². The minimum absolute atomic E-state index is 0.0988. The van der Waals surface area contributed by atoms with E-state index in [4.69, 9.17) is 14.9 Å². The summed E-state index contributed by atoms with van der Waals surface area (Å²) in [5.74, 6) is -0.887. The molecule has 3 aromatic carbocycles. The number of carbonyl (C=O) groups is 2. The van der Waals surface area contributed by atoms with Gasteiger partial charge in [-0.25, -0.2) is 9.56 Å². The number of nitrogens with zero attached hydrogens (tertiary/aromatic N) is 4. The number of ether oxygens (including phenoxy) is 1. The number of aromatic nitrogens is 2. The van der Waals surface area contributed by atoms with Gasteiger partial charge in [0.2, 0.25) is 5.36 Å². The van der Waals surface area contributed by atoms with Crippen LogP contribution in [0.25, 0.3) is 33.4 Å². The monoisotopic (exact) mass is 642 g/mol. The van der Waals surface area contributed by atoms with E-state index in [9.17, 15) is 14.7 Å². The number of carbonyl (C=O) groups excluding carboxylic acids is 2. The van der Waals surface area contributed by atoms with Gasteiger partial charge in [0, 0.05) is 72.3 Å². The fourth-order valence-corrected chi connectivity index (χ4v) is 5.40. The average Bonchev–Trinajstić information content (AvgIpc) is 3.08. The lowest BCUT2D eigenvalue weighted by molar-refractivity contribution is -0.254. The lowest BCUT2D eigenvalue weighted by atomic mass is 9.89. The molecule has 4 aromatic rings. The van der Waals surface area contributed by atoms with Crippen molar-refractivity contribution in [3.05, 3.63) is 119 Å². The van der Waals surface area contributed by atoms with Crippen molar-refractivity contribution >= 4 is 34.4 Å². The van der Waals surface area contributed by atoms with Gasteiger partial charge in [-0.1, -0.05) is 30.3 Å². The molecule has 11 nitrogen and oxygen atoms in total. The molecule has 0 radical (unpaired) electrons. The lowest BCUT2D eigenvalue weighted by Crippen LogP contribution is -2.26. The number of anilines is 2. The number of nitrogens with one attached hydrogen (secondary N) is 1. The summed E-state index contributed by atoms with van der Waals surface area (Å²) in [6.07, 6.45) is 1.52. The van der Waals surface area contributed by atoms with Crippen LogP contribution in [0.1, 0.15) is 31.8 Å². The quantitative estimate of drug-likeness (QED) is 0.178. The van der Waals surface area contributed by atoms with Crippen molar-refractivity contribution in [3.63, 3.8) is 0 Å². The highest BCUT2D eigenvalue weighted by Crippen LogP contribution is 2.42. The van der Waals surface area contributed by atoms with E-state index in [0.29, 0.717) is 28.3 Å². The Morgan fingerprint density at radius 1 is 0.938 bits per heavy atom. The fraction of sp³-hybridized carbons (Fsp3) is 0.162. The summed E-state index contributed by atoms with van der Waals surface area (Å²) in [5, 5.41) is 17.1. The Labute approximate surface area is 276 Å². The van der Waals surface area contributed by atoms with E-state index in [1.807, 2.05) is 98.3 Å². The first-order valence-electron chi connectivity index (χ1n) is 15.2. The molecule has 1 aromatic heterocycles. The number of benzene rings is 4. The van der Waals surface area contributed by atoms with Crippen LogP contribution in [-0.2, 0) is 13.2 Å². The number of hydrogen-bond acceptors (Lipinski definition) is 9. The summed E-state index contributed by atoms with van der Waals surface area (Å²) in [6, 6.07) is 25.5. The van der Waals surface area contributed by atoms with Crippen molar-refractivity contribution in [1.29, 1.82) is 0 Å². The standard InChI is InChI=1S/C37H34N6O5/c1-42(2)25-10-13-28-31(18-25)48-32-19-26(43(3)4)11-14-29(32)34(28)27-12-9-24(17-30(27)36(45)46)35(44)40-20-22-5-7-23(8-6-22)21-47-37-39-16-15-33(38)41-37/h5-19H,20-21H2,1-4H3,(H3-,38,39,40,41,44,45,46). The summed E-state index contributed by atoms with van der Waals surface area (Å²) in [7, 11) is 7.76. The summed E-state index contributed by atoms with van der Waals surface area (Å²) in [4.78, 5) is 35.8. The van der Waals surface area contributed by atoms with Crippen molar-refractivity contribution in [3.8, 4) is 28.5 Å². The Kier molecular flexibility index (Phi) is 8.76. The predicted molar refractivity (Wildman–Crippen MR) is 182 cm³/mol. The zero-order valence-corrected chi connectivity index (χ0v) is 27.0. The molecule has 0 saturated carbocycles. The molecule has 2 heterocycles. The Bertz CT molecular complexity index is 2200. The first-order valence-corrected chi connectivity index (χ1v) is 15.2. The molecule has 48 heavy (non-hydrogen) atoms. The Morgan fingerprint density at radius 2 is 1.69 bits per heavy atom. The summed E-state index contributed by atoms with van der Waals surface area (Å²) < 4.78 is 13.9. The van der Waals surface area contributed by atoms with Crippen LogP contribution >= 0.6 is 0 Å². The number of aromatic carboxylic acids is 1. The third-order valence-electron chi connectivity index (χ3n) is 7.99. The third-order valence-corrected chi connectivity index (χ3v) is 7.99. The highest BCUT2D eigenvalue weighted by molar-refractivity contribution is 6.09. The van der Waals surface area contributed by atoms with Crippen LogP contribution < -0.4 is 35.7 Å². The number of nitrogens with two attached hydrogens (primary N) is 1. The van der Waals surface area contributed by atoms with Crippen LogP contribution in [0.2, 0.25) is 0 Å². The van der Waals surface area contributed by atoms with Crippen molar-refractivity contribution in [2.75, 3.05) is 38.8 Å². The molecule has 0 atom stereocenters. The molecule has 0 fully saturated rings. The van der Waals surface area contributed by atoms with Gasteiger partial charge in [-0.3, -0.25) is 4.79 Å². The Balaban J connectivity index is 1.28. The van der Waals surface area contributed by atoms with Crippen molar-refractivity contribution < 1.29 is 23.8 Å². The van der Waals surface area contributed by atoms with E-state index >= 15 is 0 Å².